The summed E-state index contributed by atoms with van der Waals surface area (Å²) in [5.74, 6) is -0.371. The van der Waals surface area contributed by atoms with Gasteiger partial charge in [0.1, 0.15) is 6.04 Å². The molecule has 0 aliphatic carbocycles. The lowest BCUT2D eigenvalue weighted by atomic mass is 10.1. The fraction of sp³-hybridized carbons (Fsp3) is 0.300. The molecule has 1 unspecified atom stereocenters. The van der Waals surface area contributed by atoms with Gasteiger partial charge in [0.15, 0.2) is 0 Å². The van der Waals surface area contributed by atoms with Crippen LogP contribution in [0.4, 0.5) is 0 Å². The Balaban J connectivity index is 0.00000196. The highest BCUT2D eigenvalue weighted by Gasteiger charge is 2.14. The van der Waals surface area contributed by atoms with Gasteiger partial charge in [-0.2, -0.15) is 0 Å². The molecular weight excluding hydrogens is 328 g/mol. The van der Waals surface area contributed by atoms with Gasteiger partial charge in [0.25, 0.3) is 0 Å². The van der Waals surface area contributed by atoms with Gasteiger partial charge in [0.05, 0.1) is 7.11 Å². The molecule has 0 radical (unpaired) electrons. The summed E-state index contributed by atoms with van der Waals surface area (Å²) in [7, 11) is 1.35. The van der Waals surface area contributed by atoms with Crippen LogP contribution >= 0.6 is 35.0 Å². The Morgan fingerprint density at radius 3 is 2.67 bits per heavy atom. The summed E-state index contributed by atoms with van der Waals surface area (Å²) in [5, 5.41) is 0. The molecule has 0 spiro atoms. The third-order valence-corrected chi connectivity index (χ3v) is 2.95. The first-order chi connectivity index (χ1) is 6.65. The monoisotopic (exact) mass is 341 g/mol. The number of carbonyl (C=O) groups is 1. The number of methoxy groups -OCH3 is 1. The molecule has 1 aromatic carbocycles. The Morgan fingerprint density at radius 2 is 2.13 bits per heavy atom. The second-order valence-corrected chi connectivity index (χ2v) is 4.09. The zero-order valence-electron chi connectivity index (χ0n) is 8.27. The smallest absolute Gasteiger partial charge is 0.322 e. The van der Waals surface area contributed by atoms with Crippen LogP contribution in [0.3, 0.4) is 0 Å². The van der Waals surface area contributed by atoms with Crippen molar-refractivity contribution in [1.82, 2.24) is 0 Å². The number of rotatable bonds is 3. The normalized spacial score (nSPS) is 11.4. The van der Waals surface area contributed by atoms with Crippen molar-refractivity contribution in [1.29, 1.82) is 0 Å². The Bertz CT molecular complexity index is 333. The topological polar surface area (TPSA) is 52.3 Å². The van der Waals surface area contributed by atoms with E-state index >= 15 is 0 Å². The fourth-order valence-electron chi connectivity index (χ4n) is 1.14. The molecule has 2 N–H and O–H groups in total. The van der Waals surface area contributed by atoms with Gasteiger partial charge in [0.2, 0.25) is 0 Å². The predicted molar refractivity (Wildman–Crippen MR) is 70.1 cm³/mol. The van der Waals surface area contributed by atoms with E-state index in [-0.39, 0.29) is 18.4 Å². The van der Waals surface area contributed by atoms with Crippen molar-refractivity contribution < 1.29 is 9.53 Å². The van der Waals surface area contributed by atoms with Crippen molar-refractivity contribution >= 4 is 41.0 Å². The molecule has 0 aromatic heterocycles. The van der Waals surface area contributed by atoms with Crippen molar-refractivity contribution in [2.75, 3.05) is 7.11 Å². The van der Waals surface area contributed by atoms with Gasteiger partial charge >= 0.3 is 5.97 Å². The van der Waals surface area contributed by atoms with Crippen LogP contribution in [-0.4, -0.2) is 19.1 Å². The minimum Gasteiger partial charge on any atom is -0.468 e. The van der Waals surface area contributed by atoms with Crippen LogP contribution in [0.5, 0.6) is 0 Å². The number of hydrogen-bond acceptors (Lipinski definition) is 3. The van der Waals surface area contributed by atoms with E-state index in [9.17, 15) is 4.79 Å². The van der Waals surface area contributed by atoms with Crippen molar-refractivity contribution in [2.45, 2.75) is 12.5 Å². The Morgan fingerprint density at radius 1 is 1.53 bits per heavy atom. The lowest BCUT2D eigenvalue weighted by Gasteiger charge is -2.10. The molecule has 1 atom stereocenters. The molecule has 0 saturated carbocycles. The van der Waals surface area contributed by atoms with Crippen molar-refractivity contribution in [2.24, 2.45) is 5.73 Å². The zero-order chi connectivity index (χ0) is 10.6. The summed E-state index contributed by atoms with van der Waals surface area (Å²) in [6.45, 7) is 0. The first-order valence-corrected chi connectivity index (χ1v) is 5.30. The third kappa shape index (κ3) is 4.36. The van der Waals surface area contributed by atoms with E-state index in [0.717, 1.165) is 9.13 Å². The molecule has 3 nitrogen and oxygen atoms in total. The molecule has 5 heteroatoms. The van der Waals surface area contributed by atoms with Crippen LogP contribution < -0.4 is 5.73 Å². The molecule has 0 aliphatic rings. The maximum atomic E-state index is 11.1. The molecule has 0 amide bonds. The van der Waals surface area contributed by atoms with Gasteiger partial charge in [-0.05, 0) is 40.6 Å². The summed E-state index contributed by atoms with van der Waals surface area (Å²) < 4.78 is 5.67. The van der Waals surface area contributed by atoms with Crippen molar-refractivity contribution in [3.63, 3.8) is 0 Å². The number of esters is 1. The standard InChI is InChI=1S/C10H12INO2.ClH/c1-14-10(13)9(12)6-7-4-2-3-5-8(7)11;/h2-5,9H,6,12H2,1H3;1H. The van der Waals surface area contributed by atoms with E-state index < -0.39 is 6.04 Å². The van der Waals surface area contributed by atoms with Crippen LogP contribution in [-0.2, 0) is 16.0 Å². The molecule has 0 saturated heterocycles. The average Bonchev–Trinajstić information content (AvgIpc) is 2.20. The van der Waals surface area contributed by atoms with E-state index in [2.05, 4.69) is 27.3 Å². The summed E-state index contributed by atoms with van der Waals surface area (Å²) in [6, 6.07) is 7.26. The molecule has 84 valence electrons. The zero-order valence-corrected chi connectivity index (χ0v) is 11.2. The molecule has 1 aromatic rings. The number of halogens is 2. The maximum Gasteiger partial charge on any atom is 0.322 e. The number of ether oxygens (including phenoxy) is 1. The van der Waals surface area contributed by atoms with Gasteiger partial charge in [-0.3, -0.25) is 4.79 Å². The molecule has 0 fully saturated rings. The average molecular weight is 342 g/mol. The molecule has 1 rings (SSSR count). The van der Waals surface area contributed by atoms with Crippen LogP contribution in [0.1, 0.15) is 5.56 Å². The highest BCUT2D eigenvalue weighted by Crippen LogP contribution is 2.13. The van der Waals surface area contributed by atoms with Gasteiger partial charge in [0, 0.05) is 3.57 Å². The molecular formula is C10H13ClINO2. The number of hydrogen-bond donors (Lipinski definition) is 1. The third-order valence-electron chi connectivity index (χ3n) is 1.90. The second-order valence-electron chi connectivity index (χ2n) is 2.93. The first-order valence-electron chi connectivity index (χ1n) is 4.22. The van der Waals surface area contributed by atoms with Crippen molar-refractivity contribution in [3.8, 4) is 0 Å². The lowest BCUT2D eigenvalue weighted by molar-refractivity contribution is -0.142. The predicted octanol–water partition coefficient (Wildman–Crippen LogP) is 1.76. The van der Waals surface area contributed by atoms with Gasteiger partial charge in [-0.1, -0.05) is 18.2 Å². The van der Waals surface area contributed by atoms with Gasteiger partial charge in [-0.15, -0.1) is 12.4 Å². The molecule has 0 heterocycles. The van der Waals surface area contributed by atoms with Crippen LogP contribution in [0.15, 0.2) is 24.3 Å². The van der Waals surface area contributed by atoms with Gasteiger partial charge in [-0.25, -0.2) is 0 Å². The Hall–Kier alpha value is -0.330. The van der Waals surface area contributed by atoms with E-state index in [1.165, 1.54) is 7.11 Å². The van der Waals surface area contributed by atoms with E-state index in [0.29, 0.717) is 6.42 Å². The number of nitrogens with two attached hydrogens (primary N) is 1. The summed E-state index contributed by atoms with van der Waals surface area (Å²) in [6.07, 6.45) is 0.520. The van der Waals surface area contributed by atoms with E-state index in [4.69, 9.17) is 5.73 Å². The van der Waals surface area contributed by atoms with Crippen molar-refractivity contribution in [3.05, 3.63) is 33.4 Å². The minimum atomic E-state index is -0.573. The van der Waals surface area contributed by atoms with E-state index in [1.807, 2.05) is 24.3 Å². The highest BCUT2D eigenvalue weighted by atomic mass is 127. The largest absolute Gasteiger partial charge is 0.468 e. The maximum absolute atomic E-state index is 11.1. The molecule has 0 bridgehead atoms. The summed E-state index contributed by atoms with van der Waals surface area (Å²) in [5.41, 5.74) is 6.73. The number of carbonyl (C=O) groups excluding carboxylic acids is 1. The first kappa shape index (κ1) is 14.7. The van der Waals surface area contributed by atoms with Crippen LogP contribution in [0.2, 0.25) is 0 Å². The quantitative estimate of drug-likeness (QED) is 0.673. The molecule has 0 aliphatic heterocycles. The summed E-state index contributed by atoms with van der Waals surface area (Å²) in [4.78, 5) is 11.1. The van der Waals surface area contributed by atoms with Crippen LogP contribution in [0.25, 0.3) is 0 Å². The van der Waals surface area contributed by atoms with Crippen LogP contribution in [0, 0.1) is 3.57 Å². The Kier molecular flexibility index (Phi) is 6.87. The van der Waals surface area contributed by atoms with E-state index in [1.54, 1.807) is 0 Å². The SMILES string of the molecule is COC(=O)C(N)Cc1ccccc1I.Cl. The molecule has 15 heavy (non-hydrogen) atoms. The second kappa shape index (κ2) is 7.03. The Labute approximate surface area is 109 Å². The minimum absolute atomic E-state index is 0. The lowest BCUT2D eigenvalue weighted by Crippen LogP contribution is -2.33. The van der Waals surface area contributed by atoms with Gasteiger partial charge < -0.3 is 10.5 Å². The number of benzene rings is 1. The fourth-order valence-corrected chi connectivity index (χ4v) is 1.74. The summed E-state index contributed by atoms with van der Waals surface area (Å²) >= 11 is 2.22. The highest BCUT2D eigenvalue weighted by molar-refractivity contribution is 14.1.